The lowest BCUT2D eigenvalue weighted by molar-refractivity contribution is 1.17. The first kappa shape index (κ1) is 27.3. The Hall–Kier alpha value is -6.01. The van der Waals surface area contributed by atoms with Crippen LogP contribution in [0.5, 0.6) is 0 Å². The van der Waals surface area contributed by atoms with Crippen molar-refractivity contribution in [2.45, 2.75) is 0 Å². The largest absolute Gasteiger partial charge is 0.308 e. The molecule has 0 spiro atoms. The number of thiocarbonyl (C=S) groups is 2. The van der Waals surface area contributed by atoms with E-state index in [1.807, 2.05) is 12.4 Å². The van der Waals surface area contributed by atoms with Gasteiger partial charge in [-0.2, -0.15) is 9.98 Å². The monoisotopic (exact) mass is 636 g/mol. The number of nitrogens with zero attached hydrogens (tertiary/aromatic N) is 6. The number of isothiocyanates is 2. The molecular formula is C39H20N6S2. The molecular weight excluding hydrogens is 617 g/mol. The summed E-state index contributed by atoms with van der Waals surface area (Å²) in [7, 11) is 0. The Labute approximate surface area is 279 Å². The van der Waals surface area contributed by atoms with Crippen molar-refractivity contribution in [2.75, 3.05) is 0 Å². The maximum Gasteiger partial charge on any atom is 0.209 e. The number of hydrogen-bond acceptors (Lipinski definition) is 7. The van der Waals surface area contributed by atoms with Crippen molar-refractivity contribution in [3.05, 3.63) is 122 Å². The summed E-state index contributed by atoms with van der Waals surface area (Å²) in [5.41, 5.74) is 11.4. The van der Waals surface area contributed by atoms with Gasteiger partial charge in [0.25, 0.3) is 0 Å². The van der Waals surface area contributed by atoms with E-state index in [9.17, 15) is 0 Å². The normalized spacial score (nSPS) is 11.4. The van der Waals surface area contributed by atoms with Crippen molar-refractivity contribution < 1.29 is 0 Å². The third-order valence-electron chi connectivity index (χ3n) is 8.84. The van der Waals surface area contributed by atoms with Crippen LogP contribution in [-0.4, -0.2) is 29.8 Å². The number of aliphatic imine (C=N–C) groups is 2. The molecule has 218 valence electrons. The topological polar surface area (TPSA) is 68.3 Å². The Morgan fingerprint density at radius 3 is 1.85 bits per heavy atom. The average molecular weight is 637 g/mol. The van der Waals surface area contributed by atoms with Gasteiger partial charge in [-0.05, 0) is 76.3 Å². The van der Waals surface area contributed by atoms with Crippen LogP contribution in [0.2, 0.25) is 0 Å². The highest BCUT2D eigenvalue weighted by Crippen LogP contribution is 2.49. The van der Waals surface area contributed by atoms with E-state index in [4.69, 9.17) is 34.4 Å². The summed E-state index contributed by atoms with van der Waals surface area (Å²) >= 11 is 9.66. The summed E-state index contributed by atoms with van der Waals surface area (Å²) in [6, 6.07) is 38.5. The molecule has 0 bridgehead atoms. The molecule has 0 atom stereocenters. The minimum atomic E-state index is 0.275. The number of hydrogen-bond donors (Lipinski definition) is 0. The lowest BCUT2D eigenvalue weighted by atomic mass is 9.93. The van der Waals surface area contributed by atoms with Gasteiger partial charge in [0.2, 0.25) is 11.6 Å². The zero-order chi connectivity index (χ0) is 31.5. The Kier molecular flexibility index (Phi) is 6.28. The summed E-state index contributed by atoms with van der Waals surface area (Å²) in [6.07, 6.45) is 3.79. The van der Waals surface area contributed by atoms with E-state index < -0.39 is 0 Å². The number of fused-ring (bicyclic) bond motifs is 6. The van der Waals surface area contributed by atoms with Gasteiger partial charge in [0, 0.05) is 39.2 Å². The minimum absolute atomic E-state index is 0.275. The second-order valence-electron chi connectivity index (χ2n) is 11.2. The van der Waals surface area contributed by atoms with E-state index in [0.717, 1.165) is 66.7 Å². The van der Waals surface area contributed by atoms with E-state index in [1.165, 1.54) is 16.3 Å². The molecule has 6 nitrogen and oxygen atoms in total. The third kappa shape index (κ3) is 4.22. The molecule has 3 aromatic heterocycles. The lowest BCUT2D eigenvalue weighted by Gasteiger charge is -2.11. The van der Waals surface area contributed by atoms with Crippen molar-refractivity contribution in [3.63, 3.8) is 0 Å². The Balaban J connectivity index is 1.08. The van der Waals surface area contributed by atoms with Crippen LogP contribution in [0.25, 0.3) is 83.0 Å². The summed E-state index contributed by atoms with van der Waals surface area (Å²) < 4.78 is 2.28. The average Bonchev–Trinajstić information content (AvgIpc) is 3.62. The van der Waals surface area contributed by atoms with Gasteiger partial charge in [0.05, 0.1) is 38.9 Å². The summed E-state index contributed by atoms with van der Waals surface area (Å²) in [6.45, 7) is 0. The van der Waals surface area contributed by atoms with Crippen LogP contribution in [0.4, 0.5) is 11.6 Å². The minimum Gasteiger partial charge on any atom is -0.308 e. The molecule has 0 N–H and O–H groups in total. The van der Waals surface area contributed by atoms with Gasteiger partial charge in [-0.15, -0.1) is 0 Å². The molecule has 9 rings (SSSR count). The van der Waals surface area contributed by atoms with Gasteiger partial charge >= 0.3 is 0 Å². The molecule has 0 saturated heterocycles. The van der Waals surface area contributed by atoms with E-state index in [2.05, 4.69) is 139 Å². The predicted octanol–water partition coefficient (Wildman–Crippen LogP) is 10.6. The first-order chi connectivity index (χ1) is 23.2. The Morgan fingerprint density at radius 2 is 1.13 bits per heavy atom. The Morgan fingerprint density at radius 1 is 0.532 bits per heavy atom. The molecule has 0 radical (unpaired) electrons. The van der Waals surface area contributed by atoms with Crippen LogP contribution in [-0.2, 0) is 0 Å². The SMILES string of the molecule is S=C=Nc1nc2c(nc1N=C=S)-c1ccc(-c3ccc(-c4ccc(-n5c6ccccc6c6ccncc65)cc4)cc3)c3cccc-2c13. The molecule has 8 heteroatoms. The molecule has 47 heavy (non-hydrogen) atoms. The zero-order valence-corrected chi connectivity index (χ0v) is 26.2. The Bertz CT molecular complexity index is 2580. The number of rotatable bonds is 5. The van der Waals surface area contributed by atoms with Crippen LogP contribution in [0.3, 0.4) is 0 Å². The van der Waals surface area contributed by atoms with Gasteiger partial charge in [-0.3, -0.25) is 4.98 Å². The molecule has 0 fully saturated rings. The lowest BCUT2D eigenvalue weighted by Crippen LogP contribution is -1.94. The fourth-order valence-electron chi connectivity index (χ4n) is 6.82. The molecule has 8 aromatic rings. The van der Waals surface area contributed by atoms with Gasteiger partial charge in [-0.1, -0.05) is 84.9 Å². The zero-order valence-electron chi connectivity index (χ0n) is 24.5. The number of para-hydroxylation sites is 1. The number of pyridine rings is 1. The molecule has 0 amide bonds. The number of aromatic nitrogens is 4. The maximum atomic E-state index is 4.83. The van der Waals surface area contributed by atoms with Crippen LogP contribution in [0.1, 0.15) is 0 Å². The van der Waals surface area contributed by atoms with E-state index in [1.54, 1.807) is 0 Å². The highest BCUT2D eigenvalue weighted by atomic mass is 32.1. The molecule has 0 saturated carbocycles. The van der Waals surface area contributed by atoms with Crippen molar-refractivity contribution in [2.24, 2.45) is 9.98 Å². The van der Waals surface area contributed by atoms with Gasteiger partial charge in [0.1, 0.15) is 0 Å². The van der Waals surface area contributed by atoms with Crippen LogP contribution < -0.4 is 0 Å². The molecule has 0 unspecified atom stereocenters. The summed E-state index contributed by atoms with van der Waals surface area (Å²) in [4.78, 5) is 22.1. The predicted molar refractivity (Wildman–Crippen MR) is 196 cm³/mol. The van der Waals surface area contributed by atoms with Gasteiger partial charge in [0.15, 0.2) is 0 Å². The third-order valence-corrected chi connectivity index (χ3v) is 9.03. The first-order valence-electron chi connectivity index (χ1n) is 14.9. The molecule has 0 aliphatic heterocycles. The molecule has 5 aromatic carbocycles. The van der Waals surface area contributed by atoms with Gasteiger partial charge < -0.3 is 4.57 Å². The first-order valence-corrected chi connectivity index (χ1v) is 15.7. The summed E-state index contributed by atoms with van der Waals surface area (Å²) in [5, 5.41) is 9.38. The molecule has 3 heterocycles. The van der Waals surface area contributed by atoms with Crippen LogP contribution >= 0.6 is 24.4 Å². The van der Waals surface area contributed by atoms with E-state index in [-0.39, 0.29) is 11.6 Å². The highest BCUT2D eigenvalue weighted by Gasteiger charge is 2.27. The smallest absolute Gasteiger partial charge is 0.209 e. The van der Waals surface area contributed by atoms with Crippen LogP contribution in [0.15, 0.2) is 132 Å². The molecule has 1 aliphatic rings. The quantitative estimate of drug-likeness (QED) is 0.139. The van der Waals surface area contributed by atoms with Crippen molar-refractivity contribution in [1.82, 2.24) is 19.5 Å². The van der Waals surface area contributed by atoms with Crippen LogP contribution in [0, 0.1) is 0 Å². The van der Waals surface area contributed by atoms with Crippen molar-refractivity contribution in [1.29, 1.82) is 0 Å². The van der Waals surface area contributed by atoms with Crippen molar-refractivity contribution in [3.8, 4) is 50.5 Å². The maximum absolute atomic E-state index is 4.83. The molecule has 1 aliphatic carbocycles. The fourth-order valence-corrected chi connectivity index (χ4v) is 7.00. The van der Waals surface area contributed by atoms with Gasteiger partial charge in [-0.25, -0.2) is 9.97 Å². The van der Waals surface area contributed by atoms with E-state index in [0.29, 0.717) is 0 Å². The van der Waals surface area contributed by atoms with E-state index >= 15 is 0 Å². The number of benzene rings is 5. The fraction of sp³-hybridized carbons (Fsp3) is 0. The summed E-state index contributed by atoms with van der Waals surface area (Å²) in [5.74, 6) is 0.550. The second kappa shape index (κ2) is 10.8. The standard InChI is InChI=1S/C39H20N6S2/c46-21-41-38-39(42-22-47)44-37-32-17-16-27(30-5-3-6-31(35(30)32)36(37)43-38)25-10-8-23(9-11-25)24-12-14-26(15-13-24)45-33-7-2-1-4-28(33)29-18-19-40-20-34(29)45/h1-20H. The second-order valence-corrected chi connectivity index (χ2v) is 11.6. The highest BCUT2D eigenvalue weighted by molar-refractivity contribution is 7.78. The van der Waals surface area contributed by atoms with Crippen molar-refractivity contribution >= 4 is 79.0 Å².